The van der Waals surface area contributed by atoms with Gasteiger partial charge in [-0.05, 0) is 68.1 Å². The van der Waals surface area contributed by atoms with Gasteiger partial charge in [0.25, 0.3) is 0 Å². The molecule has 1 amide bonds. The smallest absolute Gasteiger partial charge is 0.224 e. The van der Waals surface area contributed by atoms with E-state index < -0.39 is 22.6 Å². The fourth-order valence-corrected chi connectivity index (χ4v) is 8.01. The summed E-state index contributed by atoms with van der Waals surface area (Å²) in [5.41, 5.74) is -2.59. The second-order valence-electron chi connectivity index (χ2n) is 11.4. The number of alkyl halides is 1. The summed E-state index contributed by atoms with van der Waals surface area (Å²) in [4.78, 5) is 29.5. The molecule has 0 saturated heterocycles. The highest BCUT2D eigenvalue weighted by molar-refractivity contribution is 6.01. The average molecular weight is 483 g/mol. The van der Waals surface area contributed by atoms with Crippen LogP contribution in [0, 0.1) is 34.5 Å². The molecule has 188 valence electrons. The Labute approximate surface area is 206 Å². The first-order chi connectivity index (χ1) is 16.6. The van der Waals surface area contributed by atoms with Gasteiger partial charge in [0.15, 0.2) is 11.5 Å². The van der Waals surface area contributed by atoms with E-state index in [0.29, 0.717) is 31.9 Å². The minimum Gasteiger partial charge on any atom is -0.476 e. The number of aliphatic hydroxyl groups is 1. The number of ketones is 1. The lowest BCUT2D eigenvalue weighted by molar-refractivity contribution is -0.195. The van der Waals surface area contributed by atoms with Crippen molar-refractivity contribution in [3.8, 4) is 5.88 Å². The molecule has 3 saturated carbocycles. The summed E-state index contributed by atoms with van der Waals surface area (Å²) >= 11 is 0. The molecule has 1 aromatic heterocycles. The molecule has 0 bridgehead atoms. The number of carbonyl (C=O) groups excluding carboxylic acids is 2. The SMILES string of the molecule is CC1CC2C3CCC4=CC(=O)C=CC4(C)C3(F)C(O)CC2(C)C1C(=O)NCCOc1ccccn1. The van der Waals surface area contributed by atoms with Crippen molar-refractivity contribution in [1.82, 2.24) is 10.3 Å². The molecule has 4 aliphatic carbocycles. The predicted octanol–water partition coefficient (Wildman–Crippen LogP) is 3.81. The summed E-state index contributed by atoms with van der Waals surface area (Å²) in [7, 11) is 0. The lowest BCUT2D eigenvalue weighted by Crippen LogP contribution is -2.67. The molecule has 5 rings (SSSR count). The number of allylic oxidation sites excluding steroid dienone is 4. The molecule has 2 N–H and O–H groups in total. The lowest BCUT2D eigenvalue weighted by atomic mass is 9.45. The van der Waals surface area contributed by atoms with Gasteiger partial charge in [0, 0.05) is 29.5 Å². The van der Waals surface area contributed by atoms with Gasteiger partial charge in [0.1, 0.15) is 6.61 Å². The summed E-state index contributed by atoms with van der Waals surface area (Å²) in [5.74, 6) is -0.293. The van der Waals surface area contributed by atoms with Gasteiger partial charge >= 0.3 is 0 Å². The van der Waals surface area contributed by atoms with Crippen LogP contribution in [0.25, 0.3) is 0 Å². The first kappa shape index (κ1) is 24.2. The molecule has 0 spiro atoms. The summed E-state index contributed by atoms with van der Waals surface area (Å²) in [6.07, 6.45) is 7.29. The maximum atomic E-state index is 17.2. The molecule has 6 nitrogen and oxygen atoms in total. The molecule has 35 heavy (non-hydrogen) atoms. The van der Waals surface area contributed by atoms with Crippen LogP contribution in [-0.4, -0.2) is 46.7 Å². The van der Waals surface area contributed by atoms with Crippen LogP contribution in [0.3, 0.4) is 0 Å². The molecule has 3 fully saturated rings. The van der Waals surface area contributed by atoms with Gasteiger partial charge in [-0.2, -0.15) is 0 Å². The Balaban J connectivity index is 1.34. The maximum Gasteiger partial charge on any atom is 0.224 e. The number of aliphatic hydroxyl groups excluding tert-OH is 1. The number of rotatable bonds is 5. The molecule has 0 aromatic carbocycles. The van der Waals surface area contributed by atoms with Gasteiger partial charge in [0.2, 0.25) is 11.8 Å². The minimum absolute atomic E-state index is 0.0178. The van der Waals surface area contributed by atoms with Crippen LogP contribution in [0.1, 0.15) is 46.5 Å². The molecule has 7 heteroatoms. The van der Waals surface area contributed by atoms with Crippen LogP contribution in [0.15, 0.2) is 48.2 Å². The van der Waals surface area contributed by atoms with E-state index in [9.17, 15) is 14.7 Å². The summed E-state index contributed by atoms with van der Waals surface area (Å²) in [6.45, 7) is 6.61. The van der Waals surface area contributed by atoms with E-state index in [2.05, 4.69) is 24.1 Å². The summed E-state index contributed by atoms with van der Waals surface area (Å²) in [6, 6.07) is 5.42. The predicted molar refractivity (Wildman–Crippen MR) is 129 cm³/mol. The topological polar surface area (TPSA) is 88.5 Å². The van der Waals surface area contributed by atoms with Crippen molar-refractivity contribution in [3.63, 3.8) is 0 Å². The number of halogens is 1. The Morgan fingerprint density at radius 2 is 2.11 bits per heavy atom. The van der Waals surface area contributed by atoms with Crippen LogP contribution in [0.5, 0.6) is 5.88 Å². The third kappa shape index (κ3) is 3.57. The van der Waals surface area contributed by atoms with Gasteiger partial charge in [-0.1, -0.05) is 31.6 Å². The van der Waals surface area contributed by atoms with Gasteiger partial charge in [0.05, 0.1) is 12.6 Å². The molecule has 0 radical (unpaired) electrons. The highest BCUT2D eigenvalue weighted by atomic mass is 19.1. The van der Waals surface area contributed by atoms with E-state index >= 15 is 4.39 Å². The van der Waals surface area contributed by atoms with Crippen molar-refractivity contribution in [2.24, 2.45) is 34.5 Å². The van der Waals surface area contributed by atoms with E-state index in [1.165, 1.54) is 6.08 Å². The third-order valence-electron chi connectivity index (χ3n) is 9.55. The molecular formula is C28H35FN2O4. The molecule has 8 atom stereocenters. The number of carbonyl (C=O) groups is 2. The normalized spacial score (nSPS) is 41.9. The highest BCUT2D eigenvalue weighted by Crippen LogP contribution is 2.69. The van der Waals surface area contributed by atoms with E-state index in [-0.39, 0.29) is 41.8 Å². The quantitative estimate of drug-likeness (QED) is 0.623. The molecule has 8 unspecified atom stereocenters. The Hall–Kier alpha value is -2.54. The number of aromatic nitrogens is 1. The van der Waals surface area contributed by atoms with E-state index in [1.54, 1.807) is 24.4 Å². The van der Waals surface area contributed by atoms with Crippen LogP contribution >= 0.6 is 0 Å². The van der Waals surface area contributed by atoms with Crippen LogP contribution < -0.4 is 10.1 Å². The molecule has 1 aromatic rings. The van der Waals surface area contributed by atoms with Crippen molar-refractivity contribution in [3.05, 3.63) is 48.2 Å². The van der Waals surface area contributed by atoms with E-state index in [1.807, 2.05) is 19.1 Å². The summed E-state index contributed by atoms with van der Waals surface area (Å²) in [5, 5.41) is 14.4. The Morgan fingerprint density at radius 3 is 2.86 bits per heavy atom. The summed E-state index contributed by atoms with van der Waals surface area (Å²) < 4.78 is 22.8. The Bertz CT molecular complexity index is 1070. The standard InChI is InChI=1S/C28H35FN2O4/c1-17-14-21-20-8-7-18-15-19(32)9-10-27(18,3)28(20,29)22(33)16-26(21,2)24(17)25(34)31-12-13-35-23-6-4-5-11-30-23/h4-6,9-11,15,17,20-22,24,33H,7-8,12-14,16H2,1-3H3,(H,31,34). The van der Waals surface area contributed by atoms with Gasteiger partial charge < -0.3 is 15.2 Å². The van der Waals surface area contributed by atoms with Gasteiger partial charge in [-0.25, -0.2) is 9.37 Å². The number of amides is 1. The second kappa shape index (κ2) is 8.54. The van der Waals surface area contributed by atoms with Crippen molar-refractivity contribution in [1.29, 1.82) is 0 Å². The van der Waals surface area contributed by atoms with Crippen LogP contribution in [0.2, 0.25) is 0 Å². The zero-order chi connectivity index (χ0) is 25.0. The third-order valence-corrected chi connectivity index (χ3v) is 9.55. The van der Waals surface area contributed by atoms with Crippen LogP contribution in [0.4, 0.5) is 4.39 Å². The fraction of sp³-hybridized carbons (Fsp3) is 0.607. The maximum absolute atomic E-state index is 17.2. The number of hydrogen-bond donors (Lipinski definition) is 2. The number of hydrogen-bond acceptors (Lipinski definition) is 5. The van der Waals surface area contributed by atoms with E-state index in [0.717, 1.165) is 12.0 Å². The lowest BCUT2D eigenvalue weighted by Gasteiger charge is -2.61. The number of nitrogens with zero attached hydrogens (tertiary/aromatic N) is 1. The minimum atomic E-state index is -1.86. The van der Waals surface area contributed by atoms with Crippen molar-refractivity contribution < 1.29 is 23.8 Å². The van der Waals surface area contributed by atoms with Crippen LogP contribution in [-0.2, 0) is 9.59 Å². The largest absolute Gasteiger partial charge is 0.476 e. The number of pyridine rings is 1. The first-order valence-electron chi connectivity index (χ1n) is 12.7. The van der Waals surface area contributed by atoms with Gasteiger partial charge in [-0.3, -0.25) is 9.59 Å². The molecule has 1 heterocycles. The average Bonchev–Trinajstić information content (AvgIpc) is 3.08. The van der Waals surface area contributed by atoms with Crippen molar-refractivity contribution in [2.75, 3.05) is 13.2 Å². The molecule has 4 aliphatic rings. The van der Waals surface area contributed by atoms with Crippen molar-refractivity contribution >= 4 is 11.7 Å². The highest BCUT2D eigenvalue weighted by Gasteiger charge is 2.71. The number of fused-ring (bicyclic) bond motifs is 5. The molecular weight excluding hydrogens is 447 g/mol. The fourth-order valence-electron chi connectivity index (χ4n) is 8.01. The second-order valence-corrected chi connectivity index (χ2v) is 11.4. The zero-order valence-electron chi connectivity index (χ0n) is 20.7. The molecule has 0 aliphatic heterocycles. The first-order valence-corrected chi connectivity index (χ1v) is 12.7. The number of nitrogens with one attached hydrogen (secondary N) is 1. The monoisotopic (exact) mass is 482 g/mol. The van der Waals surface area contributed by atoms with E-state index in [4.69, 9.17) is 4.74 Å². The number of ether oxygens (including phenoxy) is 1. The Morgan fingerprint density at radius 1 is 1.31 bits per heavy atom. The Kier molecular flexibility index (Phi) is 5.90. The van der Waals surface area contributed by atoms with Crippen molar-refractivity contribution in [2.45, 2.75) is 58.2 Å². The zero-order valence-corrected chi connectivity index (χ0v) is 20.7. The van der Waals surface area contributed by atoms with Gasteiger partial charge in [-0.15, -0.1) is 0 Å².